The number of hydrogen-bond donors (Lipinski definition) is 0. The molecule has 0 aliphatic carbocycles. The summed E-state index contributed by atoms with van der Waals surface area (Å²) in [7, 11) is 0. The number of aryl methyl sites for hydroxylation is 1. The van der Waals surface area contributed by atoms with Gasteiger partial charge in [0.1, 0.15) is 17.5 Å². The number of nitrogens with zero attached hydrogens (tertiary/aromatic N) is 5. The first-order valence-electron chi connectivity index (χ1n) is 10.8. The summed E-state index contributed by atoms with van der Waals surface area (Å²) in [5, 5.41) is 8.66. The molecular weight excluding hydrogens is 427 g/mol. The van der Waals surface area contributed by atoms with Crippen molar-refractivity contribution in [3.63, 3.8) is 0 Å². The van der Waals surface area contributed by atoms with Gasteiger partial charge < -0.3 is 4.90 Å². The number of rotatable bonds is 2. The number of alkyl halides is 2. The quantitative estimate of drug-likeness (QED) is 0.382. The number of anilines is 2. The zero-order valence-electron chi connectivity index (χ0n) is 18.5. The normalized spacial score (nSPS) is 14.0. The molecule has 0 saturated heterocycles. The van der Waals surface area contributed by atoms with E-state index in [1.54, 1.807) is 17.4 Å². The number of aromatic nitrogens is 4. The van der Waals surface area contributed by atoms with Crippen molar-refractivity contribution in [3.8, 4) is 11.8 Å². The molecule has 168 valence electrons. The highest BCUT2D eigenvalue weighted by atomic mass is 19.3. The van der Waals surface area contributed by atoms with Crippen molar-refractivity contribution in [2.45, 2.75) is 40.0 Å². The zero-order chi connectivity index (χ0) is 23.3. The molecule has 1 aliphatic heterocycles. The minimum absolute atomic E-state index is 0.383. The maximum Gasteiger partial charge on any atom is 0.257 e. The van der Waals surface area contributed by atoms with Crippen LogP contribution < -0.4 is 4.90 Å². The molecule has 0 atom stereocenters. The second-order valence-corrected chi connectivity index (χ2v) is 8.78. The van der Waals surface area contributed by atoms with Crippen LogP contribution in [0.1, 0.15) is 37.2 Å². The number of hydrogen-bond acceptors (Lipinski definition) is 4. The topological polar surface area (TPSA) is 46.3 Å². The Labute approximate surface area is 189 Å². The van der Waals surface area contributed by atoms with Crippen LogP contribution in [-0.4, -0.2) is 32.6 Å². The van der Waals surface area contributed by atoms with Crippen LogP contribution in [0.15, 0.2) is 36.4 Å². The monoisotopic (exact) mass is 449 g/mol. The minimum atomic E-state index is -2.54. The summed E-state index contributed by atoms with van der Waals surface area (Å²) in [6.45, 7) is 5.29. The smallest absolute Gasteiger partial charge is 0.257 e. The first kappa shape index (κ1) is 21.3. The fourth-order valence-corrected chi connectivity index (χ4v) is 4.22. The van der Waals surface area contributed by atoms with Crippen molar-refractivity contribution in [1.29, 1.82) is 0 Å². The Bertz CT molecular complexity index is 1450. The lowest BCUT2D eigenvalue weighted by Gasteiger charge is -2.32. The number of halogens is 3. The van der Waals surface area contributed by atoms with Gasteiger partial charge in [0, 0.05) is 17.8 Å². The van der Waals surface area contributed by atoms with Gasteiger partial charge in [0.15, 0.2) is 0 Å². The van der Waals surface area contributed by atoms with Crippen LogP contribution in [0.25, 0.3) is 16.7 Å². The third kappa shape index (κ3) is 3.48. The first-order chi connectivity index (χ1) is 15.8. The van der Waals surface area contributed by atoms with Crippen LogP contribution in [0.5, 0.6) is 0 Å². The summed E-state index contributed by atoms with van der Waals surface area (Å²) in [5.74, 6) is 6.79. The van der Waals surface area contributed by atoms with Gasteiger partial charge >= 0.3 is 0 Å². The molecule has 0 saturated carbocycles. The van der Waals surface area contributed by atoms with Gasteiger partial charge in [-0.15, -0.1) is 10.2 Å². The molecule has 0 spiro atoms. The fourth-order valence-electron chi connectivity index (χ4n) is 4.22. The van der Waals surface area contributed by atoms with Crippen molar-refractivity contribution in [3.05, 3.63) is 59.2 Å². The Morgan fingerprint density at radius 2 is 1.88 bits per heavy atom. The van der Waals surface area contributed by atoms with Gasteiger partial charge in [-0.05, 0) is 63.4 Å². The van der Waals surface area contributed by atoms with Gasteiger partial charge in [-0.2, -0.15) is 4.98 Å². The standard InChI is InChI=1S/C25H22F3N5/c1-15-30-31-24-29-22(21-18(26)9-5-11-20(21)33(15)24)32-14-6-8-17-16(7-4-10-19(17)32)12-13-25(2,3)23(27)28/h4-5,7,9-11,23H,6,8,14H2,1-3H3. The van der Waals surface area contributed by atoms with E-state index in [0.29, 0.717) is 40.4 Å². The second kappa shape index (κ2) is 7.77. The molecule has 33 heavy (non-hydrogen) atoms. The third-order valence-corrected chi connectivity index (χ3v) is 6.04. The van der Waals surface area contributed by atoms with Crippen LogP contribution in [0.2, 0.25) is 0 Å². The predicted octanol–water partition coefficient (Wildman–Crippen LogP) is 5.45. The maximum absolute atomic E-state index is 15.1. The lowest BCUT2D eigenvalue weighted by atomic mass is 9.92. The predicted molar refractivity (Wildman–Crippen MR) is 121 cm³/mol. The van der Waals surface area contributed by atoms with Crippen LogP contribution in [0, 0.1) is 30.0 Å². The summed E-state index contributed by atoms with van der Waals surface area (Å²) in [6.07, 6.45) is -1.00. The molecule has 0 N–H and O–H groups in total. The molecule has 3 heterocycles. The fraction of sp³-hybridized carbons (Fsp3) is 0.320. The molecule has 2 aromatic carbocycles. The summed E-state index contributed by atoms with van der Waals surface area (Å²) < 4.78 is 43.4. The van der Waals surface area contributed by atoms with Crippen molar-refractivity contribution >= 4 is 28.2 Å². The Morgan fingerprint density at radius 1 is 1.09 bits per heavy atom. The van der Waals surface area contributed by atoms with E-state index in [0.717, 1.165) is 24.1 Å². The maximum atomic E-state index is 15.1. The third-order valence-electron chi connectivity index (χ3n) is 6.04. The SMILES string of the molecule is Cc1nnc2nc(N3CCCc4c(C#CC(C)(C)C(F)F)cccc43)c3c(F)cccc3n12. The van der Waals surface area contributed by atoms with E-state index in [-0.39, 0.29) is 5.82 Å². The molecular formula is C25H22F3N5. The van der Waals surface area contributed by atoms with E-state index >= 15 is 4.39 Å². The highest BCUT2D eigenvalue weighted by Crippen LogP contribution is 2.38. The van der Waals surface area contributed by atoms with E-state index in [4.69, 9.17) is 0 Å². The van der Waals surface area contributed by atoms with Gasteiger partial charge in [-0.25, -0.2) is 13.2 Å². The van der Waals surface area contributed by atoms with Crippen molar-refractivity contribution in [2.24, 2.45) is 5.41 Å². The van der Waals surface area contributed by atoms with Crippen LogP contribution in [-0.2, 0) is 6.42 Å². The number of benzene rings is 2. The molecule has 1 aliphatic rings. The minimum Gasteiger partial charge on any atom is -0.325 e. The molecule has 0 amide bonds. The van der Waals surface area contributed by atoms with Gasteiger partial charge in [0.05, 0.1) is 16.3 Å². The van der Waals surface area contributed by atoms with E-state index in [1.807, 2.05) is 29.2 Å². The highest BCUT2D eigenvalue weighted by Gasteiger charge is 2.28. The molecule has 0 radical (unpaired) electrons. The number of fused-ring (bicyclic) bond motifs is 4. The zero-order valence-corrected chi connectivity index (χ0v) is 18.5. The van der Waals surface area contributed by atoms with E-state index in [1.165, 1.54) is 19.9 Å². The average Bonchev–Trinajstić information content (AvgIpc) is 3.17. The summed E-state index contributed by atoms with van der Waals surface area (Å²) in [5.41, 5.74) is 1.73. The van der Waals surface area contributed by atoms with Crippen LogP contribution >= 0.6 is 0 Å². The molecule has 5 rings (SSSR count). The van der Waals surface area contributed by atoms with Gasteiger partial charge in [-0.3, -0.25) is 4.40 Å². The molecule has 2 aromatic heterocycles. The van der Waals surface area contributed by atoms with E-state index in [2.05, 4.69) is 27.0 Å². The lowest BCUT2D eigenvalue weighted by molar-refractivity contribution is 0.0570. The average molecular weight is 449 g/mol. The van der Waals surface area contributed by atoms with Crippen LogP contribution in [0.3, 0.4) is 0 Å². The van der Waals surface area contributed by atoms with Crippen molar-refractivity contribution in [1.82, 2.24) is 19.6 Å². The highest BCUT2D eigenvalue weighted by molar-refractivity contribution is 5.94. The summed E-state index contributed by atoms with van der Waals surface area (Å²) >= 11 is 0. The second-order valence-electron chi connectivity index (χ2n) is 8.78. The molecule has 0 unspecified atom stereocenters. The van der Waals surface area contributed by atoms with Gasteiger partial charge in [0.2, 0.25) is 0 Å². The summed E-state index contributed by atoms with van der Waals surface area (Å²) in [6, 6.07) is 10.5. The molecule has 8 heteroatoms. The Kier molecular flexibility index (Phi) is 5.00. The Balaban J connectivity index is 1.71. The molecule has 0 bridgehead atoms. The largest absolute Gasteiger partial charge is 0.325 e. The van der Waals surface area contributed by atoms with Crippen LogP contribution in [0.4, 0.5) is 24.7 Å². The van der Waals surface area contributed by atoms with Gasteiger partial charge in [-0.1, -0.05) is 24.0 Å². The lowest BCUT2D eigenvalue weighted by Crippen LogP contribution is -2.26. The molecule has 4 aromatic rings. The Morgan fingerprint density at radius 3 is 2.67 bits per heavy atom. The summed E-state index contributed by atoms with van der Waals surface area (Å²) in [4.78, 5) is 6.66. The van der Waals surface area contributed by atoms with Crippen molar-refractivity contribution in [2.75, 3.05) is 11.4 Å². The molecule has 5 nitrogen and oxygen atoms in total. The van der Waals surface area contributed by atoms with Crippen molar-refractivity contribution < 1.29 is 13.2 Å². The molecule has 0 fully saturated rings. The first-order valence-corrected chi connectivity index (χ1v) is 10.8. The van der Waals surface area contributed by atoms with Gasteiger partial charge in [0.25, 0.3) is 12.2 Å². The Hall–Kier alpha value is -3.60. The van der Waals surface area contributed by atoms with E-state index < -0.39 is 11.8 Å². The van der Waals surface area contributed by atoms with E-state index in [9.17, 15) is 8.78 Å².